The van der Waals surface area contributed by atoms with Crippen LogP contribution in [0.3, 0.4) is 0 Å². The quantitative estimate of drug-likeness (QED) is 0.348. The van der Waals surface area contributed by atoms with Crippen LogP contribution in [0.25, 0.3) is 0 Å². The zero-order valence-electron chi connectivity index (χ0n) is 9.75. The topological polar surface area (TPSA) is 138 Å². The average Bonchev–Trinajstić information content (AvgIpc) is 3.03. The molecule has 5 atom stereocenters. The van der Waals surface area contributed by atoms with E-state index in [1.165, 1.54) is 0 Å². The third kappa shape index (κ3) is 2.36. The second-order valence-electron chi connectivity index (χ2n) is 5.51. The van der Waals surface area contributed by atoms with Gasteiger partial charge in [0.25, 0.3) is 0 Å². The van der Waals surface area contributed by atoms with Gasteiger partial charge in [-0.2, -0.15) is 0 Å². The smallest absolute Gasteiger partial charge is 0.331 e. The maximum absolute atomic E-state index is 11.4. The van der Waals surface area contributed by atoms with E-state index in [-0.39, 0.29) is 12.8 Å². The molecule has 106 valence electrons. The first-order valence-electron chi connectivity index (χ1n) is 5.96. The van der Waals surface area contributed by atoms with Crippen LogP contribution in [0.2, 0.25) is 0 Å². The van der Waals surface area contributed by atoms with Crippen LogP contribution in [0.5, 0.6) is 0 Å². The fraction of sp³-hybridized carbons (Fsp3) is 1.00. The van der Waals surface area contributed by atoms with E-state index in [0.717, 1.165) is 0 Å². The summed E-state index contributed by atoms with van der Waals surface area (Å²) in [5.41, 5.74) is 0. The van der Waals surface area contributed by atoms with Gasteiger partial charge in [-0.25, -0.2) is 0 Å². The average molecular weight is 282 g/mol. The lowest BCUT2D eigenvalue weighted by Gasteiger charge is -2.39. The summed E-state index contributed by atoms with van der Waals surface area (Å²) < 4.78 is 11.4. The van der Waals surface area contributed by atoms with Crippen molar-refractivity contribution in [3.63, 3.8) is 0 Å². The number of aliphatic hydroxyl groups excluding tert-OH is 4. The van der Waals surface area contributed by atoms with Crippen molar-refractivity contribution in [2.75, 3.05) is 0 Å². The van der Waals surface area contributed by atoms with Crippen LogP contribution in [0, 0.1) is 5.92 Å². The minimum absolute atomic E-state index is 0.0289. The Morgan fingerprint density at radius 2 is 1.56 bits per heavy atom. The van der Waals surface area contributed by atoms with Crippen LogP contribution in [-0.2, 0) is 4.57 Å². The summed E-state index contributed by atoms with van der Waals surface area (Å²) in [5, 5.41) is 37.2. The summed E-state index contributed by atoms with van der Waals surface area (Å²) >= 11 is 0. The van der Waals surface area contributed by atoms with E-state index < -0.39 is 43.1 Å². The lowest BCUT2D eigenvalue weighted by Crippen LogP contribution is -2.54. The van der Waals surface area contributed by atoms with Crippen LogP contribution < -0.4 is 0 Å². The lowest BCUT2D eigenvalue weighted by molar-refractivity contribution is -0.158. The molecule has 2 rings (SSSR count). The molecule has 0 bridgehead atoms. The van der Waals surface area contributed by atoms with E-state index in [2.05, 4.69) is 0 Å². The van der Waals surface area contributed by atoms with E-state index in [1.54, 1.807) is 0 Å². The van der Waals surface area contributed by atoms with Gasteiger partial charge < -0.3 is 30.2 Å². The number of hydrogen-bond acceptors (Lipinski definition) is 5. The van der Waals surface area contributed by atoms with Gasteiger partial charge in [-0.15, -0.1) is 0 Å². The summed E-state index contributed by atoms with van der Waals surface area (Å²) in [7, 11) is -4.24. The molecule has 2 fully saturated rings. The minimum Gasteiger partial charge on any atom is -0.390 e. The van der Waals surface area contributed by atoms with E-state index in [4.69, 9.17) is 0 Å². The third-order valence-electron chi connectivity index (χ3n) is 4.21. The molecule has 0 heterocycles. The van der Waals surface area contributed by atoms with E-state index >= 15 is 0 Å². The predicted octanol–water partition coefficient (Wildman–Crippen LogP) is -1.45. The number of hydrogen-bond donors (Lipinski definition) is 6. The molecule has 2 saturated carbocycles. The van der Waals surface area contributed by atoms with Crippen molar-refractivity contribution in [2.45, 2.75) is 55.3 Å². The fourth-order valence-electron chi connectivity index (χ4n) is 2.75. The van der Waals surface area contributed by atoms with Crippen LogP contribution in [0.4, 0.5) is 0 Å². The third-order valence-corrected chi connectivity index (χ3v) is 6.07. The number of rotatable bonds is 3. The SMILES string of the molecule is O=P(O)(O)C1(C[C@H]2C[C@H](O)[C@@H](O)[C@@H](O)[C@@H]2O)CC1. The highest BCUT2D eigenvalue weighted by Crippen LogP contribution is 2.68. The molecule has 0 aromatic heterocycles. The van der Waals surface area contributed by atoms with Crippen molar-refractivity contribution in [3.8, 4) is 0 Å². The second-order valence-corrected chi connectivity index (χ2v) is 7.54. The van der Waals surface area contributed by atoms with Crippen LogP contribution >= 0.6 is 7.60 Å². The summed E-state index contributed by atoms with van der Waals surface area (Å²) in [6.45, 7) is 0. The van der Waals surface area contributed by atoms with E-state index in [1.807, 2.05) is 0 Å². The lowest BCUT2D eigenvalue weighted by atomic mass is 9.78. The van der Waals surface area contributed by atoms with Crippen molar-refractivity contribution in [1.82, 2.24) is 0 Å². The van der Waals surface area contributed by atoms with Gasteiger partial charge in [-0.1, -0.05) is 0 Å². The monoisotopic (exact) mass is 282 g/mol. The van der Waals surface area contributed by atoms with Gasteiger partial charge in [0.15, 0.2) is 0 Å². The van der Waals surface area contributed by atoms with Crippen molar-refractivity contribution in [3.05, 3.63) is 0 Å². The Hall–Kier alpha value is -0.0100. The van der Waals surface area contributed by atoms with E-state index in [0.29, 0.717) is 12.8 Å². The first kappa shape index (κ1) is 14.4. The maximum Gasteiger partial charge on any atom is 0.331 e. The standard InChI is InChI=1S/C10H19O7P/c11-6-3-5(7(12)9(14)8(6)13)4-10(1-2-10)18(15,16)17/h5-9,11-14H,1-4H2,(H2,15,16,17)/t5-,6+,7-,8-,9+/m1/s1. The molecule has 0 aliphatic heterocycles. The Bertz CT molecular complexity index is 363. The van der Waals surface area contributed by atoms with Gasteiger partial charge in [0, 0.05) is 0 Å². The molecule has 6 N–H and O–H groups in total. The molecular formula is C10H19O7P. The summed E-state index contributed by atoms with van der Waals surface area (Å²) in [6.07, 6.45) is -4.49. The highest BCUT2D eigenvalue weighted by Gasteiger charge is 2.59. The van der Waals surface area contributed by atoms with Gasteiger partial charge in [0.1, 0.15) is 12.2 Å². The maximum atomic E-state index is 11.4. The van der Waals surface area contributed by atoms with Gasteiger partial charge in [0.05, 0.1) is 17.4 Å². The molecule has 8 heteroatoms. The van der Waals surface area contributed by atoms with Crippen molar-refractivity contribution >= 4 is 7.60 Å². The van der Waals surface area contributed by atoms with Crippen LogP contribution in [-0.4, -0.2) is 59.8 Å². The Balaban J connectivity index is 2.08. The predicted molar refractivity (Wildman–Crippen MR) is 60.8 cm³/mol. The summed E-state index contributed by atoms with van der Waals surface area (Å²) in [4.78, 5) is 18.5. The van der Waals surface area contributed by atoms with Crippen LogP contribution in [0.1, 0.15) is 25.7 Å². The molecule has 0 aromatic carbocycles. The van der Waals surface area contributed by atoms with Gasteiger partial charge in [0.2, 0.25) is 0 Å². The van der Waals surface area contributed by atoms with Crippen molar-refractivity contribution in [1.29, 1.82) is 0 Å². The molecule has 0 saturated heterocycles. The molecule has 2 aliphatic carbocycles. The van der Waals surface area contributed by atoms with E-state index in [9.17, 15) is 34.8 Å². The van der Waals surface area contributed by atoms with Crippen molar-refractivity contribution in [2.24, 2.45) is 5.92 Å². The molecular weight excluding hydrogens is 263 g/mol. The Morgan fingerprint density at radius 3 is 2.00 bits per heavy atom. The van der Waals surface area contributed by atoms with Gasteiger partial charge in [-0.3, -0.25) is 4.57 Å². The summed E-state index contributed by atoms with van der Waals surface area (Å²) in [5.74, 6) is -0.617. The Morgan fingerprint density at radius 1 is 1.00 bits per heavy atom. The first-order chi connectivity index (χ1) is 8.18. The largest absolute Gasteiger partial charge is 0.390 e. The second kappa shape index (κ2) is 4.52. The Labute approximate surface area is 104 Å². The Kier molecular flexibility index (Phi) is 3.62. The van der Waals surface area contributed by atoms with Gasteiger partial charge >= 0.3 is 7.60 Å². The highest BCUT2D eigenvalue weighted by atomic mass is 31.2. The molecule has 2 aliphatic rings. The zero-order chi connectivity index (χ0) is 13.7. The highest BCUT2D eigenvalue weighted by molar-refractivity contribution is 7.54. The molecule has 7 nitrogen and oxygen atoms in total. The van der Waals surface area contributed by atoms with Crippen LogP contribution in [0.15, 0.2) is 0 Å². The summed E-state index contributed by atoms with van der Waals surface area (Å²) in [6, 6.07) is 0. The molecule has 0 unspecified atom stereocenters. The molecule has 18 heavy (non-hydrogen) atoms. The first-order valence-corrected chi connectivity index (χ1v) is 7.57. The normalized spacial score (nSPS) is 43.8. The van der Waals surface area contributed by atoms with Crippen molar-refractivity contribution < 1.29 is 34.8 Å². The molecule has 0 radical (unpaired) electrons. The number of aliphatic hydroxyl groups is 4. The molecule has 0 spiro atoms. The van der Waals surface area contributed by atoms with Gasteiger partial charge in [-0.05, 0) is 31.6 Å². The molecule has 0 aromatic rings. The molecule has 0 amide bonds. The minimum atomic E-state index is -4.24. The zero-order valence-corrected chi connectivity index (χ0v) is 10.6. The fourth-order valence-corrected chi connectivity index (χ4v) is 3.91.